The van der Waals surface area contributed by atoms with Crippen LogP contribution in [0.25, 0.3) is 0 Å². The van der Waals surface area contributed by atoms with E-state index in [1.54, 1.807) is 25.2 Å². The quantitative estimate of drug-likeness (QED) is 0.627. The summed E-state index contributed by atoms with van der Waals surface area (Å²) in [5.74, 6) is 0. The monoisotopic (exact) mass is 296 g/mol. The Kier molecular flexibility index (Phi) is 4.35. The molecule has 1 unspecified atom stereocenters. The van der Waals surface area contributed by atoms with Gasteiger partial charge in [0, 0.05) is 17.6 Å². The highest BCUT2D eigenvalue weighted by atomic mass is 32.1. The predicted molar refractivity (Wildman–Crippen MR) is 77.2 cm³/mol. The van der Waals surface area contributed by atoms with E-state index in [-0.39, 0.29) is 12.2 Å². The van der Waals surface area contributed by atoms with Gasteiger partial charge in [0.25, 0.3) is 0 Å². The Morgan fingerprint density at radius 3 is 2.90 bits per heavy atom. The number of aliphatic hydroxyl groups excluding tert-OH is 1. The van der Waals surface area contributed by atoms with Crippen molar-refractivity contribution in [1.29, 1.82) is 0 Å². The van der Waals surface area contributed by atoms with Crippen LogP contribution in [0.3, 0.4) is 0 Å². The average molecular weight is 296 g/mol. The van der Waals surface area contributed by atoms with Crippen LogP contribution in [0.5, 0.6) is 0 Å². The second kappa shape index (κ2) is 6.02. The molecule has 2 N–H and O–H groups in total. The normalized spacial score (nSPS) is 12.3. The lowest BCUT2D eigenvalue weighted by Crippen LogP contribution is -2.25. The summed E-state index contributed by atoms with van der Waals surface area (Å²) in [6.45, 7) is 3.81. The first-order valence-corrected chi connectivity index (χ1v) is 7.06. The highest BCUT2D eigenvalue weighted by molar-refractivity contribution is 7.08. The van der Waals surface area contributed by atoms with E-state index in [4.69, 9.17) is 0 Å². The second-order valence-corrected chi connectivity index (χ2v) is 5.29. The lowest BCUT2D eigenvalue weighted by atomic mass is 10.3. The molecule has 0 fully saturated rings. The molecule has 0 saturated carbocycles. The third-order valence-electron chi connectivity index (χ3n) is 2.97. The van der Waals surface area contributed by atoms with Crippen LogP contribution < -0.4 is 5.32 Å². The molecule has 2 rings (SSSR count). The number of anilines is 1. The number of aromatic nitrogens is 2. The fourth-order valence-corrected chi connectivity index (χ4v) is 2.61. The summed E-state index contributed by atoms with van der Waals surface area (Å²) < 4.78 is 1.48. The molecule has 0 aliphatic heterocycles. The van der Waals surface area contributed by atoms with Crippen LogP contribution >= 0.6 is 11.3 Å². The molecule has 20 heavy (non-hydrogen) atoms. The van der Waals surface area contributed by atoms with Gasteiger partial charge in [0.1, 0.15) is 11.4 Å². The Labute approximate surface area is 120 Å². The third kappa shape index (κ3) is 3.14. The van der Waals surface area contributed by atoms with Gasteiger partial charge in [0.05, 0.1) is 17.6 Å². The van der Waals surface area contributed by atoms with E-state index in [0.717, 1.165) is 5.69 Å². The average Bonchev–Trinajstić information content (AvgIpc) is 2.96. The largest absolute Gasteiger partial charge is 0.389 e. The number of aryl methyl sites for hydroxylation is 1. The summed E-state index contributed by atoms with van der Waals surface area (Å²) in [6, 6.07) is 1.92. The molecular formula is C12H16N4O3S. The van der Waals surface area contributed by atoms with Crippen LogP contribution in [0, 0.1) is 24.0 Å². The van der Waals surface area contributed by atoms with Crippen molar-refractivity contribution in [3.05, 3.63) is 38.3 Å². The number of rotatable bonds is 6. The van der Waals surface area contributed by atoms with Crippen molar-refractivity contribution in [2.45, 2.75) is 26.5 Å². The number of thiophene rings is 1. The number of aliphatic hydroxyl groups is 1. The number of hydrogen-bond acceptors (Lipinski definition) is 6. The molecular weight excluding hydrogens is 280 g/mol. The fraction of sp³-hybridized carbons (Fsp3) is 0.417. The van der Waals surface area contributed by atoms with E-state index >= 15 is 0 Å². The van der Waals surface area contributed by atoms with Gasteiger partial charge in [-0.05, 0) is 25.3 Å². The molecule has 7 nitrogen and oxygen atoms in total. The maximum atomic E-state index is 10.9. The van der Waals surface area contributed by atoms with E-state index in [2.05, 4.69) is 10.4 Å². The fourth-order valence-electron chi connectivity index (χ4n) is 1.99. The molecule has 0 saturated heterocycles. The van der Waals surface area contributed by atoms with Crippen molar-refractivity contribution < 1.29 is 10.0 Å². The van der Waals surface area contributed by atoms with Gasteiger partial charge in [0.15, 0.2) is 0 Å². The molecule has 2 heterocycles. The van der Waals surface area contributed by atoms with Gasteiger partial charge in [-0.15, -0.1) is 0 Å². The number of nitrogens with zero attached hydrogens (tertiary/aromatic N) is 3. The first-order valence-electron chi connectivity index (χ1n) is 6.11. The molecule has 0 radical (unpaired) electrons. The lowest BCUT2D eigenvalue weighted by molar-refractivity contribution is -0.386. The molecule has 0 aliphatic rings. The molecule has 8 heteroatoms. The first-order chi connectivity index (χ1) is 9.49. The summed E-state index contributed by atoms with van der Waals surface area (Å²) in [5.41, 5.74) is 1.80. The zero-order chi connectivity index (χ0) is 14.7. The molecule has 0 aliphatic carbocycles. The Morgan fingerprint density at radius 2 is 2.35 bits per heavy atom. The molecule has 0 amide bonds. The minimum atomic E-state index is -0.674. The Morgan fingerprint density at radius 1 is 1.60 bits per heavy atom. The van der Waals surface area contributed by atoms with Crippen molar-refractivity contribution >= 4 is 22.7 Å². The predicted octanol–water partition coefficient (Wildman–Crippen LogP) is 1.94. The van der Waals surface area contributed by atoms with Gasteiger partial charge in [-0.3, -0.25) is 14.8 Å². The Bertz CT molecular complexity index is 594. The lowest BCUT2D eigenvalue weighted by Gasteiger charge is -2.12. The van der Waals surface area contributed by atoms with Crippen molar-refractivity contribution in [3.8, 4) is 0 Å². The molecule has 108 valence electrons. The standard InChI is InChI=1S/C12H16N4O3S/c1-8-12(16(18)19)9(2)15(14-8)6-11(17)5-13-10-3-4-20-7-10/h3-4,7,11,13,17H,5-6H2,1-2H3. The Hall–Kier alpha value is -1.93. The van der Waals surface area contributed by atoms with E-state index < -0.39 is 11.0 Å². The van der Waals surface area contributed by atoms with E-state index in [9.17, 15) is 15.2 Å². The topological polar surface area (TPSA) is 93.2 Å². The number of hydrogen-bond donors (Lipinski definition) is 2. The van der Waals surface area contributed by atoms with Crippen LogP contribution in [0.4, 0.5) is 11.4 Å². The highest BCUT2D eigenvalue weighted by Crippen LogP contribution is 2.22. The van der Waals surface area contributed by atoms with Crippen molar-refractivity contribution in [2.75, 3.05) is 11.9 Å². The summed E-state index contributed by atoms with van der Waals surface area (Å²) in [4.78, 5) is 10.5. The molecule has 0 spiro atoms. The molecule has 2 aromatic rings. The second-order valence-electron chi connectivity index (χ2n) is 4.51. The molecule has 1 atom stereocenters. The van der Waals surface area contributed by atoms with Gasteiger partial charge in [-0.25, -0.2) is 0 Å². The molecule has 2 aromatic heterocycles. The Balaban J connectivity index is 1.99. The third-order valence-corrected chi connectivity index (χ3v) is 3.66. The van der Waals surface area contributed by atoms with E-state index in [1.807, 2.05) is 16.8 Å². The van der Waals surface area contributed by atoms with E-state index in [0.29, 0.717) is 17.9 Å². The van der Waals surface area contributed by atoms with Gasteiger partial charge < -0.3 is 10.4 Å². The SMILES string of the molecule is Cc1nn(CC(O)CNc2ccsc2)c(C)c1[N+](=O)[O-]. The van der Waals surface area contributed by atoms with Crippen LogP contribution in [0.15, 0.2) is 16.8 Å². The van der Waals surface area contributed by atoms with Crippen LogP contribution in [0.1, 0.15) is 11.4 Å². The maximum Gasteiger partial charge on any atom is 0.312 e. The summed E-state index contributed by atoms with van der Waals surface area (Å²) in [7, 11) is 0. The minimum absolute atomic E-state index is 0.0167. The van der Waals surface area contributed by atoms with Crippen LogP contribution in [0.2, 0.25) is 0 Å². The molecule has 0 aromatic carbocycles. The van der Waals surface area contributed by atoms with Gasteiger partial charge in [0.2, 0.25) is 0 Å². The summed E-state index contributed by atoms with van der Waals surface area (Å²) >= 11 is 1.57. The number of nitrogens with one attached hydrogen (secondary N) is 1. The van der Waals surface area contributed by atoms with Crippen molar-refractivity contribution in [3.63, 3.8) is 0 Å². The van der Waals surface area contributed by atoms with E-state index in [1.165, 1.54) is 4.68 Å². The first kappa shape index (κ1) is 14.5. The molecule has 0 bridgehead atoms. The van der Waals surface area contributed by atoms with Crippen molar-refractivity contribution in [1.82, 2.24) is 9.78 Å². The smallest absolute Gasteiger partial charge is 0.312 e. The minimum Gasteiger partial charge on any atom is -0.389 e. The van der Waals surface area contributed by atoms with Gasteiger partial charge >= 0.3 is 5.69 Å². The van der Waals surface area contributed by atoms with Gasteiger partial charge in [-0.1, -0.05) is 0 Å². The zero-order valence-corrected chi connectivity index (χ0v) is 12.1. The van der Waals surface area contributed by atoms with Gasteiger partial charge in [-0.2, -0.15) is 16.4 Å². The summed E-state index contributed by atoms with van der Waals surface area (Å²) in [6.07, 6.45) is -0.674. The number of nitro groups is 1. The van der Waals surface area contributed by atoms with Crippen LogP contribution in [-0.2, 0) is 6.54 Å². The van der Waals surface area contributed by atoms with Crippen molar-refractivity contribution in [2.24, 2.45) is 0 Å². The highest BCUT2D eigenvalue weighted by Gasteiger charge is 2.22. The summed E-state index contributed by atoms with van der Waals surface area (Å²) in [5, 5.41) is 32.0. The van der Waals surface area contributed by atoms with Crippen LogP contribution in [-0.4, -0.2) is 32.5 Å². The zero-order valence-electron chi connectivity index (χ0n) is 11.2. The maximum absolute atomic E-state index is 10.9.